The summed E-state index contributed by atoms with van der Waals surface area (Å²) < 4.78 is 1.88. The number of rotatable bonds is 6. The van der Waals surface area contributed by atoms with E-state index in [-0.39, 0.29) is 0 Å². The van der Waals surface area contributed by atoms with Gasteiger partial charge in [0.2, 0.25) is 0 Å². The van der Waals surface area contributed by atoms with Gasteiger partial charge in [0, 0.05) is 12.2 Å². The van der Waals surface area contributed by atoms with Gasteiger partial charge >= 0.3 is 0 Å². The van der Waals surface area contributed by atoms with Crippen LogP contribution in [-0.4, -0.2) is 26.5 Å². The van der Waals surface area contributed by atoms with Gasteiger partial charge in [0.25, 0.3) is 0 Å². The van der Waals surface area contributed by atoms with Crippen LogP contribution in [0.15, 0.2) is 12.1 Å². The second-order valence-electron chi connectivity index (χ2n) is 4.97. The van der Waals surface area contributed by atoms with Crippen LogP contribution in [0.5, 0.6) is 0 Å². The van der Waals surface area contributed by atoms with E-state index in [4.69, 9.17) is 0 Å². The maximum Gasteiger partial charge on any atom is 0.175 e. The Morgan fingerprint density at radius 1 is 1.15 bits per heavy atom. The van der Waals surface area contributed by atoms with Crippen molar-refractivity contribution >= 4 is 0 Å². The molecule has 0 aromatic carbocycles. The molecule has 2 rings (SSSR count). The van der Waals surface area contributed by atoms with Crippen LogP contribution in [0.3, 0.4) is 0 Å². The average Bonchev–Trinajstić information content (AvgIpc) is 2.74. The molecule has 0 unspecified atom stereocenters. The fourth-order valence-corrected chi connectivity index (χ4v) is 2.36. The minimum absolute atomic E-state index is 0.762. The summed E-state index contributed by atoms with van der Waals surface area (Å²) in [7, 11) is 0. The second kappa shape index (κ2) is 6.61. The smallest absolute Gasteiger partial charge is 0.175 e. The topological polar surface area (TPSA) is 55.6 Å². The van der Waals surface area contributed by atoms with E-state index in [1.54, 1.807) is 0 Å². The molecule has 0 aliphatic rings. The van der Waals surface area contributed by atoms with Gasteiger partial charge in [-0.25, -0.2) is 4.68 Å². The molecule has 0 fully saturated rings. The SMILES string of the molecule is CCCNCc1ccc(-n2nc(C)c(CC)c2C)nn1. The molecule has 0 radical (unpaired) electrons. The van der Waals surface area contributed by atoms with Crippen molar-refractivity contribution in [3.63, 3.8) is 0 Å². The highest BCUT2D eigenvalue weighted by Crippen LogP contribution is 2.16. The summed E-state index contributed by atoms with van der Waals surface area (Å²) in [4.78, 5) is 0. The Morgan fingerprint density at radius 3 is 2.50 bits per heavy atom. The van der Waals surface area contributed by atoms with Crippen molar-refractivity contribution in [2.24, 2.45) is 0 Å². The van der Waals surface area contributed by atoms with E-state index < -0.39 is 0 Å². The summed E-state index contributed by atoms with van der Waals surface area (Å²) in [6.45, 7) is 10.2. The zero-order chi connectivity index (χ0) is 14.5. The summed E-state index contributed by atoms with van der Waals surface area (Å²) in [5.41, 5.74) is 4.47. The third-order valence-electron chi connectivity index (χ3n) is 3.45. The van der Waals surface area contributed by atoms with Crippen LogP contribution >= 0.6 is 0 Å². The first-order valence-electron chi connectivity index (χ1n) is 7.26. The van der Waals surface area contributed by atoms with E-state index in [1.165, 1.54) is 5.56 Å². The monoisotopic (exact) mass is 273 g/mol. The lowest BCUT2D eigenvalue weighted by Crippen LogP contribution is -2.15. The molecule has 1 N–H and O–H groups in total. The lowest BCUT2D eigenvalue weighted by molar-refractivity contribution is 0.653. The first-order valence-corrected chi connectivity index (χ1v) is 7.26. The van der Waals surface area contributed by atoms with Gasteiger partial charge in [-0.05, 0) is 50.9 Å². The summed E-state index contributed by atoms with van der Waals surface area (Å²) in [5, 5.41) is 16.4. The van der Waals surface area contributed by atoms with E-state index >= 15 is 0 Å². The molecule has 0 saturated heterocycles. The van der Waals surface area contributed by atoms with Crippen molar-refractivity contribution in [1.29, 1.82) is 0 Å². The molecule has 0 aliphatic heterocycles. The zero-order valence-corrected chi connectivity index (χ0v) is 12.8. The molecule has 0 saturated carbocycles. The summed E-state index contributed by atoms with van der Waals surface area (Å²) in [5.74, 6) is 0.782. The Labute approximate surface area is 120 Å². The number of hydrogen-bond acceptors (Lipinski definition) is 4. The lowest BCUT2D eigenvalue weighted by atomic mass is 10.1. The molecule has 0 atom stereocenters. The molecular formula is C15H23N5. The average molecular weight is 273 g/mol. The van der Waals surface area contributed by atoms with Gasteiger partial charge in [-0.2, -0.15) is 10.2 Å². The minimum atomic E-state index is 0.762. The van der Waals surface area contributed by atoms with Gasteiger partial charge in [-0.15, -0.1) is 5.10 Å². The van der Waals surface area contributed by atoms with E-state index in [9.17, 15) is 0 Å². The van der Waals surface area contributed by atoms with E-state index in [0.29, 0.717) is 0 Å². The molecule has 0 aliphatic carbocycles. The molecule has 5 heteroatoms. The van der Waals surface area contributed by atoms with E-state index in [2.05, 4.69) is 41.4 Å². The van der Waals surface area contributed by atoms with Crippen LogP contribution in [0.1, 0.15) is 42.9 Å². The van der Waals surface area contributed by atoms with Crippen molar-refractivity contribution in [1.82, 2.24) is 25.3 Å². The van der Waals surface area contributed by atoms with Gasteiger partial charge in [0.15, 0.2) is 5.82 Å². The summed E-state index contributed by atoms with van der Waals surface area (Å²) in [6.07, 6.45) is 2.11. The van der Waals surface area contributed by atoms with E-state index in [0.717, 1.165) is 48.8 Å². The predicted molar refractivity (Wildman–Crippen MR) is 80.0 cm³/mol. The van der Waals surface area contributed by atoms with Crippen LogP contribution in [-0.2, 0) is 13.0 Å². The molecule has 0 bridgehead atoms. The lowest BCUT2D eigenvalue weighted by Gasteiger charge is -2.05. The predicted octanol–water partition coefficient (Wildman–Crippen LogP) is 2.34. The standard InChI is InChI=1S/C15H23N5/c1-5-9-16-10-13-7-8-15(18-17-13)20-12(4)14(6-2)11(3)19-20/h7-8,16H,5-6,9-10H2,1-4H3. The van der Waals surface area contributed by atoms with Crippen LogP contribution < -0.4 is 5.32 Å². The van der Waals surface area contributed by atoms with Crippen molar-refractivity contribution in [2.75, 3.05) is 6.54 Å². The third kappa shape index (κ3) is 3.04. The van der Waals surface area contributed by atoms with Gasteiger partial charge in [-0.3, -0.25) is 0 Å². The highest BCUT2D eigenvalue weighted by Gasteiger charge is 2.12. The maximum atomic E-state index is 4.55. The van der Waals surface area contributed by atoms with Crippen LogP contribution in [0.4, 0.5) is 0 Å². The molecule has 20 heavy (non-hydrogen) atoms. The number of aromatic nitrogens is 4. The minimum Gasteiger partial charge on any atom is -0.311 e. The number of aryl methyl sites for hydroxylation is 1. The Morgan fingerprint density at radius 2 is 1.95 bits per heavy atom. The van der Waals surface area contributed by atoms with Crippen molar-refractivity contribution < 1.29 is 0 Å². The van der Waals surface area contributed by atoms with Crippen molar-refractivity contribution in [3.8, 4) is 5.82 Å². The highest BCUT2D eigenvalue weighted by atomic mass is 15.3. The number of hydrogen-bond donors (Lipinski definition) is 1. The third-order valence-corrected chi connectivity index (χ3v) is 3.45. The summed E-state index contributed by atoms with van der Waals surface area (Å²) >= 11 is 0. The molecule has 2 heterocycles. The Kier molecular flexibility index (Phi) is 4.84. The largest absolute Gasteiger partial charge is 0.311 e. The van der Waals surface area contributed by atoms with Gasteiger partial charge in [-0.1, -0.05) is 13.8 Å². The molecular weight excluding hydrogens is 250 g/mol. The quantitative estimate of drug-likeness (QED) is 0.821. The van der Waals surface area contributed by atoms with E-state index in [1.807, 2.05) is 23.7 Å². The molecule has 2 aromatic rings. The zero-order valence-electron chi connectivity index (χ0n) is 12.8. The second-order valence-corrected chi connectivity index (χ2v) is 4.97. The van der Waals surface area contributed by atoms with Gasteiger partial charge in [0.1, 0.15) is 0 Å². The first kappa shape index (κ1) is 14.7. The van der Waals surface area contributed by atoms with Crippen molar-refractivity contribution in [2.45, 2.75) is 47.1 Å². The van der Waals surface area contributed by atoms with Gasteiger partial charge < -0.3 is 5.32 Å². The highest BCUT2D eigenvalue weighted by molar-refractivity contribution is 5.32. The molecule has 0 spiro atoms. The molecule has 0 amide bonds. The molecule has 108 valence electrons. The maximum absolute atomic E-state index is 4.55. The molecule has 2 aromatic heterocycles. The van der Waals surface area contributed by atoms with Crippen LogP contribution in [0, 0.1) is 13.8 Å². The van der Waals surface area contributed by atoms with Gasteiger partial charge in [0.05, 0.1) is 11.4 Å². The fourth-order valence-electron chi connectivity index (χ4n) is 2.36. The summed E-state index contributed by atoms with van der Waals surface area (Å²) in [6, 6.07) is 3.99. The Hall–Kier alpha value is -1.75. The number of nitrogens with one attached hydrogen (secondary N) is 1. The van der Waals surface area contributed by atoms with Crippen LogP contribution in [0.25, 0.3) is 5.82 Å². The Balaban J connectivity index is 2.17. The fraction of sp³-hybridized carbons (Fsp3) is 0.533. The molecule has 5 nitrogen and oxygen atoms in total. The first-order chi connectivity index (χ1) is 9.67. The van der Waals surface area contributed by atoms with Crippen LogP contribution in [0.2, 0.25) is 0 Å². The number of nitrogens with zero attached hydrogens (tertiary/aromatic N) is 4. The Bertz CT molecular complexity index is 556. The normalized spacial score (nSPS) is 11.0. The van der Waals surface area contributed by atoms with Crippen molar-refractivity contribution in [3.05, 3.63) is 34.8 Å².